The lowest BCUT2D eigenvalue weighted by molar-refractivity contribution is -0.121. The minimum Gasteiger partial charge on any atom is -0.352 e. The molecule has 0 spiro atoms. The van der Waals surface area contributed by atoms with Crippen LogP contribution in [0.15, 0.2) is 0 Å². The van der Waals surface area contributed by atoms with Gasteiger partial charge in [-0.25, -0.2) is 0 Å². The first-order valence-electron chi connectivity index (χ1n) is 5.59. The van der Waals surface area contributed by atoms with Crippen molar-refractivity contribution >= 4 is 5.91 Å². The maximum absolute atomic E-state index is 11.3. The van der Waals surface area contributed by atoms with Crippen molar-refractivity contribution in [3.63, 3.8) is 0 Å². The number of amides is 1. The highest BCUT2D eigenvalue weighted by Gasteiger charge is 2.32. The van der Waals surface area contributed by atoms with Crippen LogP contribution in [0, 0.1) is 22.7 Å². The first-order chi connectivity index (χ1) is 6.93. The molecule has 1 rings (SSSR count). The Hall–Kier alpha value is -1.04. The zero-order chi connectivity index (χ0) is 11.5. The second kappa shape index (κ2) is 4.65. The van der Waals surface area contributed by atoms with E-state index in [4.69, 9.17) is 5.26 Å². The van der Waals surface area contributed by atoms with Crippen LogP contribution in [0.25, 0.3) is 0 Å². The van der Waals surface area contributed by atoms with E-state index in [0.717, 1.165) is 12.8 Å². The number of hydrogen-bond donors (Lipinski definition) is 1. The summed E-state index contributed by atoms with van der Waals surface area (Å²) in [7, 11) is 0. The summed E-state index contributed by atoms with van der Waals surface area (Å²) < 4.78 is 0. The summed E-state index contributed by atoms with van der Waals surface area (Å²) in [5, 5.41) is 11.4. The second-order valence-corrected chi connectivity index (χ2v) is 5.51. The number of carbonyl (C=O) groups excluding carboxylic acids is 1. The Labute approximate surface area is 91.9 Å². The van der Waals surface area contributed by atoms with Gasteiger partial charge in [-0.05, 0) is 30.6 Å². The number of nitrogens with zero attached hydrogens (tertiary/aromatic N) is 1. The fourth-order valence-electron chi connectivity index (χ4n) is 2.81. The first kappa shape index (κ1) is 12.0. The molecule has 0 radical (unpaired) electrons. The van der Waals surface area contributed by atoms with Gasteiger partial charge < -0.3 is 5.32 Å². The lowest BCUT2D eigenvalue weighted by atomic mass is 9.70. The Balaban J connectivity index is 2.49. The maximum Gasteiger partial charge on any atom is 0.234 e. The van der Waals surface area contributed by atoms with Gasteiger partial charge in [0.25, 0.3) is 0 Å². The molecule has 3 heteroatoms. The summed E-state index contributed by atoms with van der Waals surface area (Å²) >= 11 is 0. The van der Waals surface area contributed by atoms with Crippen molar-refractivity contribution in [2.45, 2.75) is 52.5 Å². The predicted molar refractivity (Wildman–Crippen MR) is 59.0 cm³/mol. The van der Waals surface area contributed by atoms with Crippen molar-refractivity contribution in [1.82, 2.24) is 5.32 Å². The molecule has 3 nitrogen and oxygen atoms in total. The quantitative estimate of drug-likeness (QED) is 0.756. The minimum atomic E-state index is -0.132. The molecular formula is C12H20N2O. The lowest BCUT2D eigenvalue weighted by Gasteiger charge is -2.39. The van der Waals surface area contributed by atoms with E-state index in [-0.39, 0.29) is 18.4 Å². The monoisotopic (exact) mass is 208 g/mol. The molecule has 0 aromatic heterocycles. The fraction of sp³-hybridized carbons (Fsp3) is 0.833. The van der Waals surface area contributed by atoms with E-state index in [1.54, 1.807) is 0 Å². The molecule has 1 saturated carbocycles. The van der Waals surface area contributed by atoms with Crippen LogP contribution in [0.4, 0.5) is 0 Å². The van der Waals surface area contributed by atoms with Gasteiger partial charge in [-0.3, -0.25) is 4.79 Å². The molecule has 0 aromatic rings. The molecule has 1 amide bonds. The standard InChI is InChI=1S/C12H20N2O/c1-9-6-10(8-12(2,3)7-9)14-11(15)4-5-13/h9-10H,4,6-8H2,1-3H3,(H,14,15)/t9-,10+/m1/s1. The summed E-state index contributed by atoms with van der Waals surface area (Å²) in [6.45, 7) is 6.71. The van der Waals surface area contributed by atoms with E-state index in [1.165, 1.54) is 6.42 Å². The van der Waals surface area contributed by atoms with Gasteiger partial charge in [0.2, 0.25) is 5.91 Å². The normalized spacial score (nSPS) is 29.2. The molecule has 0 saturated heterocycles. The van der Waals surface area contributed by atoms with E-state index in [9.17, 15) is 4.79 Å². The highest BCUT2D eigenvalue weighted by molar-refractivity contribution is 5.78. The zero-order valence-electron chi connectivity index (χ0n) is 9.84. The minimum absolute atomic E-state index is 0.0225. The average Bonchev–Trinajstić information content (AvgIpc) is 1.99. The van der Waals surface area contributed by atoms with Gasteiger partial charge in [0.15, 0.2) is 0 Å². The van der Waals surface area contributed by atoms with E-state index in [1.807, 2.05) is 6.07 Å². The number of nitrogens with one attached hydrogen (secondary N) is 1. The van der Waals surface area contributed by atoms with Crippen LogP contribution in [-0.2, 0) is 4.79 Å². The maximum atomic E-state index is 11.3. The molecule has 0 aromatic carbocycles. The van der Waals surface area contributed by atoms with Crippen LogP contribution in [0.2, 0.25) is 0 Å². The van der Waals surface area contributed by atoms with Crippen LogP contribution in [0.1, 0.15) is 46.5 Å². The van der Waals surface area contributed by atoms with Gasteiger partial charge >= 0.3 is 0 Å². The molecule has 0 unspecified atom stereocenters. The molecule has 1 N–H and O–H groups in total. The number of carbonyl (C=O) groups is 1. The van der Waals surface area contributed by atoms with Gasteiger partial charge in [-0.1, -0.05) is 20.8 Å². The highest BCUT2D eigenvalue weighted by atomic mass is 16.1. The van der Waals surface area contributed by atoms with Crippen molar-refractivity contribution in [3.8, 4) is 6.07 Å². The average molecular weight is 208 g/mol. The highest BCUT2D eigenvalue weighted by Crippen LogP contribution is 2.38. The largest absolute Gasteiger partial charge is 0.352 e. The van der Waals surface area contributed by atoms with Gasteiger partial charge in [0.05, 0.1) is 6.07 Å². The van der Waals surface area contributed by atoms with Crippen LogP contribution < -0.4 is 5.32 Å². The second-order valence-electron chi connectivity index (χ2n) is 5.51. The Kier molecular flexibility index (Phi) is 3.73. The van der Waals surface area contributed by atoms with Crippen molar-refractivity contribution in [2.75, 3.05) is 0 Å². The summed E-state index contributed by atoms with van der Waals surface area (Å²) in [6, 6.07) is 2.13. The van der Waals surface area contributed by atoms with E-state index < -0.39 is 0 Å². The smallest absolute Gasteiger partial charge is 0.234 e. The van der Waals surface area contributed by atoms with Gasteiger partial charge in [-0.2, -0.15) is 5.26 Å². The number of hydrogen-bond acceptors (Lipinski definition) is 2. The molecule has 0 bridgehead atoms. The third-order valence-electron chi connectivity index (χ3n) is 2.99. The predicted octanol–water partition coefficient (Wildman–Crippen LogP) is 2.23. The molecule has 1 aliphatic rings. The van der Waals surface area contributed by atoms with E-state index in [2.05, 4.69) is 26.1 Å². The van der Waals surface area contributed by atoms with Crippen LogP contribution in [0.3, 0.4) is 0 Å². The number of rotatable bonds is 2. The third-order valence-corrected chi connectivity index (χ3v) is 2.99. The first-order valence-corrected chi connectivity index (χ1v) is 5.59. The Morgan fingerprint density at radius 3 is 2.73 bits per heavy atom. The van der Waals surface area contributed by atoms with Crippen molar-refractivity contribution in [3.05, 3.63) is 0 Å². The van der Waals surface area contributed by atoms with Gasteiger partial charge in [0, 0.05) is 6.04 Å². The molecule has 0 aliphatic heterocycles. The van der Waals surface area contributed by atoms with Crippen LogP contribution in [0.5, 0.6) is 0 Å². The van der Waals surface area contributed by atoms with E-state index in [0.29, 0.717) is 11.3 Å². The van der Waals surface area contributed by atoms with Gasteiger partial charge in [-0.15, -0.1) is 0 Å². The molecule has 15 heavy (non-hydrogen) atoms. The molecule has 1 fully saturated rings. The third kappa shape index (κ3) is 3.91. The summed E-state index contributed by atoms with van der Waals surface area (Å²) in [5.74, 6) is 0.522. The van der Waals surface area contributed by atoms with Crippen molar-refractivity contribution < 1.29 is 4.79 Å². The zero-order valence-corrected chi connectivity index (χ0v) is 9.84. The fourth-order valence-corrected chi connectivity index (χ4v) is 2.81. The lowest BCUT2D eigenvalue weighted by Crippen LogP contribution is -2.42. The molecule has 1 aliphatic carbocycles. The number of nitriles is 1. The molecule has 0 heterocycles. The molecule has 2 atom stereocenters. The Morgan fingerprint density at radius 1 is 1.53 bits per heavy atom. The SMILES string of the molecule is C[C@@H]1C[C@H](NC(=O)CC#N)CC(C)(C)C1. The Morgan fingerprint density at radius 2 is 2.20 bits per heavy atom. The topological polar surface area (TPSA) is 52.9 Å². The van der Waals surface area contributed by atoms with Crippen LogP contribution in [-0.4, -0.2) is 11.9 Å². The Bertz CT molecular complexity index is 278. The van der Waals surface area contributed by atoms with Crippen LogP contribution >= 0.6 is 0 Å². The van der Waals surface area contributed by atoms with Gasteiger partial charge in [0.1, 0.15) is 6.42 Å². The van der Waals surface area contributed by atoms with E-state index >= 15 is 0 Å². The summed E-state index contributed by atoms with van der Waals surface area (Å²) in [6.07, 6.45) is 3.26. The summed E-state index contributed by atoms with van der Waals surface area (Å²) in [5.41, 5.74) is 0.308. The molecule has 84 valence electrons. The summed E-state index contributed by atoms with van der Waals surface area (Å²) in [4.78, 5) is 11.3. The molecular weight excluding hydrogens is 188 g/mol. The van der Waals surface area contributed by atoms with Crippen molar-refractivity contribution in [1.29, 1.82) is 5.26 Å². The van der Waals surface area contributed by atoms with Crippen molar-refractivity contribution in [2.24, 2.45) is 11.3 Å².